The van der Waals surface area contributed by atoms with Crippen LogP contribution in [0.2, 0.25) is 0 Å². The number of piperidine rings is 1. The third-order valence-corrected chi connectivity index (χ3v) is 7.65. The Morgan fingerprint density at radius 3 is 2.60 bits per heavy atom. The van der Waals surface area contributed by atoms with Crippen LogP contribution >= 0.6 is 35.7 Å². The second-order valence-corrected chi connectivity index (χ2v) is 10.1. The Morgan fingerprint density at radius 2 is 2.00 bits per heavy atom. The number of oxazole rings is 1. The van der Waals surface area contributed by atoms with Crippen LogP contribution in [0.3, 0.4) is 0 Å². The molecule has 1 atom stereocenters. The molecule has 1 unspecified atom stereocenters. The maximum atomic E-state index is 5.75. The minimum atomic E-state index is 0. The van der Waals surface area contributed by atoms with Gasteiger partial charge < -0.3 is 14.6 Å². The average Bonchev–Trinajstić information content (AvgIpc) is 3.03. The molecule has 3 rings (SSSR count). The topological polar surface area (TPSA) is 56.9 Å². The molecule has 3 heterocycles. The third-order valence-electron chi connectivity index (χ3n) is 6.11. The van der Waals surface area contributed by atoms with Crippen LogP contribution in [0, 0.1) is 25.7 Å². The Morgan fingerprint density at radius 1 is 1.27 bits per heavy atom. The first-order valence-corrected chi connectivity index (χ1v) is 12.3. The number of nitrogens with one attached hydrogen (secondary N) is 1. The van der Waals surface area contributed by atoms with E-state index in [1.807, 2.05) is 13.8 Å². The molecule has 30 heavy (non-hydrogen) atoms. The maximum Gasteiger partial charge on any atom is 0.208 e. The molecule has 2 saturated heterocycles. The van der Waals surface area contributed by atoms with Gasteiger partial charge in [0.15, 0.2) is 5.96 Å². The van der Waals surface area contributed by atoms with E-state index in [9.17, 15) is 0 Å². The van der Waals surface area contributed by atoms with Gasteiger partial charge in [0.05, 0.1) is 12.2 Å². The minimum Gasteiger partial charge on any atom is -0.444 e. The van der Waals surface area contributed by atoms with Crippen LogP contribution in [0.25, 0.3) is 0 Å². The molecule has 0 radical (unpaired) electrons. The molecular weight excluding hydrogens is 509 g/mol. The van der Waals surface area contributed by atoms with Crippen molar-refractivity contribution in [2.75, 3.05) is 45.0 Å². The number of nitrogens with zero attached hydrogens (tertiary/aromatic N) is 4. The van der Waals surface area contributed by atoms with E-state index in [4.69, 9.17) is 9.41 Å². The summed E-state index contributed by atoms with van der Waals surface area (Å²) in [5, 5.41) is 4.24. The lowest BCUT2D eigenvalue weighted by molar-refractivity contribution is 0.166. The van der Waals surface area contributed by atoms with Crippen molar-refractivity contribution in [1.82, 2.24) is 20.1 Å². The smallest absolute Gasteiger partial charge is 0.208 e. The van der Waals surface area contributed by atoms with E-state index in [1.165, 1.54) is 18.6 Å². The summed E-state index contributed by atoms with van der Waals surface area (Å²) in [4.78, 5) is 14.5. The Balaban J connectivity index is 0.00000320. The number of rotatable bonds is 6. The highest BCUT2D eigenvalue weighted by Gasteiger charge is 2.26. The van der Waals surface area contributed by atoms with Crippen molar-refractivity contribution in [3.05, 3.63) is 17.3 Å². The van der Waals surface area contributed by atoms with Gasteiger partial charge in [-0.15, -0.1) is 24.0 Å². The summed E-state index contributed by atoms with van der Waals surface area (Å²) in [6.45, 7) is 18.0. The maximum absolute atomic E-state index is 5.75. The number of halogens is 1. The molecule has 8 heteroatoms. The Hall–Kier alpha value is -0.480. The number of hydrogen-bond donors (Lipinski definition) is 1. The summed E-state index contributed by atoms with van der Waals surface area (Å²) < 4.78 is 5.75. The van der Waals surface area contributed by atoms with Gasteiger partial charge in [0, 0.05) is 37.2 Å². The monoisotopic (exact) mass is 549 g/mol. The van der Waals surface area contributed by atoms with E-state index in [-0.39, 0.29) is 24.0 Å². The summed E-state index contributed by atoms with van der Waals surface area (Å²) in [5.41, 5.74) is 1.01. The van der Waals surface area contributed by atoms with Gasteiger partial charge in [0.25, 0.3) is 0 Å². The Labute approximate surface area is 204 Å². The van der Waals surface area contributed by atoms with Crippen LogP contribution in [0.15, 0.2) is 9.41 Å². The first-order chi connectivity index (χ1) is 14.0. The van der Waals surface area contributed by atoms with Crippen molar-refractivity contribution in [1.29, 1.82) is 0 Å². The van der Waals surface area contributed by atoms with Gasteiger partial charge in [-0.3, -0.25) is 9.89 Å². The summed E-state index contributed by atoms with van der Waals surface area (Å²) in [5.74, 6) is 5.50. The number of likely N-dealkylation sites (tertiary alicyclic amines) is 1. The predicted octanol–water partition coefficient (Wildman–Crippen LogP) is 4.16. The zero-order valence-electron chi connectivity index (χ0n) is 19.3. The molecule has 6 nitrogen and oxygen atoms in total. The molecule has 2 aliphatic heterocycles. The van der Waals surface area contributed by atoms with E-state index in [1.54, 1.807) is 0 Å². The molecule has 0 bridgehead atoms. The fraction of sp³-hybridized carbons (Fsp3) is 0.818. The van der Waals surface area contributed by atoms with Crippen LogP contribution in [0.4, 0.5) is 0 Å². The number of aliphatic imine (C=N–C) groups is 1. The first kappa shape index (κ1) is 25.8. The Bertz CT molecular complexity index is 653. The van der Waals surface area contributed by atoms with Gasteiger partial charge in [0.2, 0.25) is 5.89 Å². The van der Waals surface area contributed by atoms with Gasteiger partial charge in [-0.2, -0.15) is 11.8 Å². The molecule has 1 N–H and O–H groups in total. The van der Waals surface area contributed by atoms with E-state index >= 15 is 0 Å². The van der Waals surface area contributed by atoms with Gasteiger partial charge in [-0.05, 0) is 58.5 Å². The van der Waals surface area contributed by atoms with E-state index in [2.05, 4.69) is 52.6 Å². The standard InChI is InChI=1S/C22H39N5OS.HI/c1-6-23-22(27-11-12-29-20(14-27)16(2)3)24-13-19-7-9-26(10-8-19)15-21-25-17(4)18(5)28-21;/h16,19-20H,6-15H2,1-5H3,(H,23,24);1H. The fourth-order valence-corrected chi connectivity index (χ4v) is 5.34. The number of aryl methyl sites for hydroxylation is 2. The normalized spacial score (nSPS) is 21.7. The van der Waals surface area contributed by atoms with E-state index in [0.717, 1.165) is 69.1 Å². The second-order valence-electron chi connectivity index (χ2n) is 8.76. The van der Waals surface area contributed by atoms with Crippen molar-refractivity contribution < 1.29 is 4.42 Å². The first-order valence-electron chi connectivity index (χ1n) is 11.3. The van der Waals surface area contributed by atoms with Crippen LogP contribution < -0.4 is 5.32 Å². The lowest BCUT2D eigenvalue weighted by Gasteiger charge is -2.36. The average molecular weight is 550 g/mol. The summed E-state index contributed by atoms with van der Waals surface area (Å²) in [7, 11) is 0. The predicted molar refractivity (Wildman–Crippen MR) is 138 cm³/mol. The van der Waals surface area contributed by atoms with Crippen molar-refractivity contribution in [2.24, 2.45) is 16.8 Å². The van der Waals surface area contributed by atoms with Gasteiger partial charge in [-0.1, -0.05) is 13.8 Å². The van der Waals surface area contributed by atoms with Crippen molar-refractivity contribution in [2.45, 2.75) is 59.3 Å². The van der Waals surface area contributed by atoms with Crippen LogP contribution in [0.5, 0.6) is 0 Å². The van der Waals surface area contributed by atoms with Crippen molar-refractivity contribution in [3.63, 3.8) is 0 Å². The fourth-order valence-electron chi connectivity index (χ4n) is 4.04. The highest BCUT2D eigenvalue weighted by atomic mass is 127. The molecular formula is C22H40IN5OS. The number of thioether (sulfide) groups is 1. The van der Waals surface area contributed by atoms with E-state index in [0.29, 0.717) is 17.1 Å². The second kappa shape index (κ2) is 12.5. The Kier molecular flexibility index (Phi) is 10.8. The summed E-state index contributed by atoms with van der Waals surface area (Å²) in [6, 6.07) is 0. The van der Waals surface area contributed by atoms with Gasteiger partial charge in [0.1, 0.15) is 5.76 Å². The van der Waals surface area contributed by atoms with Crippen LogP contribution in [-0.4, -0.2) is 71.0 Å². The molecule has 0 saturated carbocycles. The molecule has 0 spiro atoms. The molecule has 1 aromatic heterocycles. The molecule has 1 aromatic rings. The van der Waals surface area contributed by atoms with Crippen molar-refractivity contribution in [3.8, 4) is 0 Å². The lowest BCUT2D eigenvalue weighted by atomic mass is 9.97. The largest absolute Gasteiger partial charge is 0.444 e. The zero-order chi connectivity index (χ0) is 20.8. The van der Waals surface area contributed by atoms with Gasteiger partial charge >= 0.3 is 0 Å². The number of aromatic nitrogens is 1. The molecule has 0 aliphatic carbocycles. The number of hydrogen-bond acceptors (Lipinski definition) is 5. The van der Waals surface area contributed by atoms with Crippen molar-refractivity contribution >= 4 is 41.7 Å². The lowest BCUT2D eigenvalue weighted by Crippen LogP contribution is -2.49. The molecule has 2 aliphatic rings. The third kappa shape index (κ3) is 7.29. The molecule has 2 fully saturated rings. The number of guanidine groups is 1. The molecule has 0 aromatic carbocycles. The van der Waals surface area contributed by atoms with Gasteiger partial charge in [-0.25, -0.2) is 4.98 Å². The van der Waals surface area contributed by atoms with Crippen LogP contribution in [0.1, 0.15) is 51.0 Å². The zero-order valence-corrected chi connectivity index (χ0v) is 22.5. The SMILES string of the molecule is CCNC(=NCC1CCN(Cc2nc(C)c(C)o2)CC1)N1CCSC(C(C)C)C1.I. The quantitative estimate of drug-likeness (QED) is 0.327. The summed E-state index contributed by atoms with van der Waals surface area (Å²) in [6.07, 6.45) is 2.40. The van der Waals surface area contributed by atoms with E-state index < -0.39 is 0 Å². The summed E-state index contributed by atoms with van der Waals surface area (Å²) >= 11 is 2.12. The minimum absolute atomic E-state index is 0. The molecule has 0 amide bonds. The highest BCUT2D eigenvalue weighted by molar-refractivity contribution is 14.0. The van der Waals surface area contributed by atoms with Crippen LogP contribution in [-0.2, 0) is 6.54 Å². The highest BCUT2D eigenvalue weighted by Crippen LogP contribution is 2.25. The molecule has 172 valence electrons.